The summed E-state index contributed by atoms with van der Waals surface area (Å²) in [5.41, 5.74) is 12.3. The minimum Gasteiger partial charge on any atom is -0.398 e. The number of fused-ring (bicyclic) bond motifs is 1. The monoisotopic (exact) mass is 879 g/mol. The molecule has 62 heavy (non-hydrogen) atoms. The van der Waals surface area contributed by atoms with E-state index in [0.29, 0.717) is 76.7 Å². The van der Waals surface area contributed by atoms with Crippen LogP contribution >= 0.6 is 23.2 Å². The normalized spacial score (nSPS) is 17.9. The minimum atomic E-state index is -1.03. The van der Waals surface area contributed by atoms with Crippen LogP contribution in [0.5, 0.6) is 0 Å². The Hall–Kier alpha value is -5.70. The molecular weight excluding hydrogens is 829 g/mol. The van der Waals surface area contributed by atoms with Crippen molar-refractivity contribution in [3.63, 3.8) is 0 Å². The number of aromatic nitrogens is 2. The number of pyridine rings is 2. The molecule has 3 fully saturated rings. The predicted octanol–water partition coefficient (Wildman–Crippen LogP) is 5.67. The molecule has 1 spiro atoms. The van der Waals surface area contributed by atoms with Crippen LogP contribution in [0.25, 0.3) is 0 Å². The number of imide groups is 1. The number of nitrogens with one attached hydrogen (secondary N) is 2. The summed E-state index contributed by atoms with van der Waals surface area (Å²) in [6.07, 6.45) is 8.88. The molecule has 4 aliphatic heterocycles. The van der Waals surface area contributed by atoms with Crippen LogP contribution in [0.2, 0.25) is 10.0 Å². The van der Waals surface area contributed by atoms with E-state index >= 15 is 0 Å². The number of nitrogens with two attached hydrogens (primary N) is 1. The van der Waals surface area contributed by atoms with Gasteiger partial charge in [-0.1, -0.05) is 42.3 Å². The SMILES string of the molecule is CNC(=O)C(CCC=O)N1C(=O)c2cccc(N3CCC(C=O)CC3)c2C1=O.C[C@@H](Cc1ccc(N)c(C(=N)c2ccc(N3CC4(CN(C)C4)C3)nc2)c1)c1c(Cl)cncc1Cl. The zero-order valence-corrected chi connectivity index (χ0v) is 36.6. The van der Waals surface area contributed by atoms with E-state index in [1.807, 2.05) is 35.2 Å². The average molecular weight is 881 g/mol. The summed E-state index contributed by atoms with van der Waals surface area (Å²) in [6, 6.07) is 13.9. The average Bonchev–Trinajstić information content (AvgIpc) is 3.50. The molecule has 4 N–H and O–H groups in total. The number of anilines is 3. The van der Waals surface area contributed by atoms with Crippen molar-refractivity contribution >= 4 is 76.4 Å². The highest BCUT2D eigenvalue weighted by molar-refractivity contribution is 6.35. The maximum atomic E-state index is 13.2. The number of nitrogens with zero attached hydrogens (tertiary/aromatic N) is 6. The van der Waals surface area contributed by atoms with Crippen molar-refractivity contribution in [1.82, 2.24) is 25.1 Å². The molecule has 4 aliphatic rings. The van der Waals surface area contributed by atoms with Crippen LogP contribution in [0.4, 0.5) is 17.2 Å². The van der Waals surface area contributed by atoms with Gasteiger partial charge in [-0.25, -0.2) is 4.98 Å². The van der Waals surface area contributed by atoms with Crippen LogP contribution in [0.3, 0.4) is 0 Å². The topological polar surface area (TPSA) is 186 Å². The zero-order chi connectivity index (χ0) is 44.3. The number of aldehydes is 2. The maximum Gasteiger partial charge on any atom is 0.264 e. The molecule has 2 aromatic heterocycles. The summed E-state index contributed by atoms with van der Waals surface area (Å²) in [5, 5.41) is 12.4. The molecule has 4 aromatic rings. The fraction of sp³-hybridized carbons (Fsp3) is 0.391. The van der Waals surface area contributed by atoms with Gasteiger partial charge in [0.15, 0.2) is 0 Å². The van der Waals surface area contributed by atoms with E-state index in [4.69, 9.17) is 34.3 Å². The van der Waals surface area contributed by atoms with E-state index in [1.165, 1.54) is 20.1 Å². The number of amides is 3. The van der Waals surface area contributed by atoms with Crippen molar-refractivity contribution in [3.05, 3.63) is 111 Å². The predicted molar refractivity (Wildman–Crippen MR) is 241 cm³/mol. The molecule has 2 aromatic carbocycles. The van der Waals surface area contributed by atoms with Gasteiger partial charge in [-0.15, -0.1) is 0 Å². The molecule has 14 nitrogen and oxygen atoms in total. The van der Waals surface area contributed by atoms with E-state index in [-0.39, 0.29) is 35.8 Å². The molecule has 6 heterocycles. The van der Waals surface area contributed by atoms with E-state index in [9.17, 15) is 24.0 Å². The van der Waals surface area contributed by atoms with Gasteiger partial charge in [0.2, 0.25) is 5.91 Å². The van der Waals surface area contributed by atoms with Crippen molar-refractivity contribution in [2.45, 2.75) is 51.0 Å². The van der Waals surface area contributed by atoms with Crippen molar-refractivity contribution in [1.29, 1.82) is 5.41 Å². The third kappa shape index (κ3) is 8.95. The Morgan fingerprint density at radius 2 is 1.69 bits per heavy atom. The Bertz CT molecular complexity index is 2350. The number of nitrogen functional groups attached to an aromatic ring is 1. The summed E-state index contributed by atoms with van der Waals surface area (Å²) >= 11 is 12.7. The highest BCUT2D eigenvalue weighted by Gasteiger charge is 2.50. The van der Waals surface area contributed by atoms with Gasteiger partial charge >= 0.3 is 0 Å². The number of carbonyl (C=O) groups is 5. The van der Waals surface area contributed by atoms with Gasteiger partial charge in [0.25, 0.3) is 11.8 Å². The second-order valence-corrected chi connectivity index (χ2v) is 17.7. The third-order valence-electron chi connectivity index (χ3n) is 12.4. The lowest BCUT2D eigenvalue weighted by Crippen LogP contribution is -2.71. The van der Waals surface area contributed by atoms with Crippen LogP contribution in [0.1, 0.15) is 81.5 Å². The fourth-order valence-electron chi connectivity index (χ4n) is 9.27. The number of hydrogen-bond donors (Lipinski definition) is 3. The number of likely N-dealkylation sites (tertiary alicyclic amines) is 1. The Morgan fingerprint density at radius 3 is 2.31 bits per heavy atom. The van der Waals surface area contributed by atoms with E-state index < -0.39 is 23.8 Å². The first-order chi connectivity index (χ1) is 29.8. The first kappa shape index (κ1) is 44.4. The number of carbonyl (C=O) groups excluding carboxylic acids is 5. The lowest BCUT2D eigenvalue weighted by atomic mass is 9.73. The molecule has 2 atom stereocenters. The quantitative estimate of drug-likeness (QED) is 0.0651. The Labute approximate surface area is 371 Å². The second-order valence-electron chi connectivity index (χ2n) is 16.9. The van der Waals surface area contributed by atoms with Gasteiger partial charge < -0.3 is 35.3 Å². The first-order valence-electron chi connectivity index (χ1n) is 20.8. The van der Waals surface area contributed by atoms with Gasteiger partial charge in [0, 0.05) is 99.5 Å². The first-order valence-corrected chi connectivity index (χ1v) is 21.6. The molecule has 1 unspecified atom stereocenters. The van der Waals surface area contributed by atoms with Gasteiger partial charge in [0.05, 0.1) is 32.6 Å². The highest BCUT2D eigenvalue weighted by Crippen LogP contribution is 2.41. The van der Waals surface area contributed by atoms with Crippen molar-refractivity contribution in [3.8, 4) is 0 Å². The van der Waals surface area contributed by atoms with Crippen LogP contribution in [-0.2, 0) is 20.8 Å². The van der Waals surface area contributed by atoms with E-state index in [2.05, 4.69) is 39.1 Å². The van der Waals surface area contributed by atoms with Crippen molar-refractivity contribution < 1.29 is 24.0 Å². The standard InChI is InChI=1S/C26H28Cl2N6.C20H23N3O5/c1-16(24-20(27)10-31-11-21(24)28)7-17-3-5-22(29)19(8-17)25(30)18-4-6-23(32-9-18)34-14-26(15-34)12-33(2)13-26;1-21-18(26)16(6-3-11-24)23-19(27)14-4-2-5-15(17(14)20(23)28)22-9-7-13(12-25)8-10-22/h3-6,8-11,16,30H,7,12-15,29H2,1-2H3;2,4-5,11-13,16H,3,6-10H2,1H3,(H,21,26)/t16-;/m0./s1. The van der Waals surface area contributed by atoms with Gasteiger partial charge in [-0.05, 0) is 86.2 Å². The van der Waals surface area contributed by atoms with Gasteiger partial charge in [-0.2, -0.15) is 0 Å². The van der Waals surface area contributed by atoms with Crippen LogP contribution in [-0.4, -0.2) is 115 Å². The second kappa shape index (κ2) is 18.7. The molecule has 0 bridgehead atoms. The number of hydrogen-bond acceptors (Lipinski definition) is 12. The van der Waals surface area contributed by atoms with Crippen LogP contribution in [0, 0.1) is 16.7 Å². The van der Waals surface area contributed by atoms with Crippen LogP contribution < -0.4 is 20.9 Å². The highest BCUT2D eigenvalue weighted by atomic mass is 35.5. The molecule has 8 rings (SSSR count). The van der Waals surface area contributed by atoms with E-state index in [0.717, 1.165) is 46.8 Å². The number of likely N-dealkylation sites (N-methyl/N-ethyl adjacent to an activating group) is 1. The molecular formula is C46H51Cl2N9O5. The summed E-state index contributed by atoms with van der Waals surface area (Å²) in [5.74, 6) is -0.451. The van der Waals surface area contributed by atoms with Gasteiger partial charge in [-0.3, -0.25) is 29.7 Å². The molecule has 0 radical (unpaired) electrons. The molecule has 3 amide bonds. The molecule has 16 heteroatoms. The fourth-order valence-corrected chi connectivity index (χ4v) is 10.0. The summed E-state index contributed by atoms with van der Waals surface area (Å²) < 4.78 is 0. The van der Waals surface area contributed by atoms with Gasteiger partial charge in [0.1, 0.15) is 24.4 Å². The molecule has 0 aliphatic carbocycles. The minimum absolute atomic E-state index is 0.0165. The molecule has 0 saturated carbocycles. The maximum absolute atomic E-state index is 13.2. The summed E-state index contributed by atoms with van der Waals surface area (Å²) in [6.45, 7) is 7.76. The lowest BCUT2D eigenvalue weighted by Gasteiger charge is -2.59. The number of rotatable bonds is 13. The zero-order valence-electron chi connectivity index (χ0n) is 35.1. The van der Waals surface area contributed by atoms with Crippen LogP contribution in [0.15, 0.2) is 67.1 Å². The molecule has 3 saturated heterocycles. The largest absolute Gasteiger partial charge is 0.398 e. The summed E-state index contributed by atoms with van der Waals surface area (Å²) in [4.78, 5) is 76.5. The van der Waals surface area contributed by atoms with Crippen molar-refractivity contribution in [2.24, 2.45) is 11.3 Å². The molecule has 324 valence electrons. The lowest BCUT2D eigenvalue weighted by molar-refractivity contribution is -0.124. The Kier molecular flexibility index (Phi) is 13.4. The number of benzene rings is 2. The van der Waals surface area contributed by atoms with E-state index in [1.54, 1.807) is 36.8 Å². The third-order valence-corrected chi connectivity index (χ3v) is 13.0. The summed E-state index contributed by atoms with van der Waals surface area (Å²) in [7, 11) is 3.59. The number of piperidine rings is 1. The smallest absolute Gasteiger partial charge is 0.264 e. The number of halogens is 2. The van der Waals surface area contributed by atoms with Crippen molar-refractivity contribution in [2.75, 3.05) is 68.9 Å². The Morgan fingerprint density at radius 1 is 0.984 bits per heavy atom. The Balaban J connectivity index is 0.000000190.